The summed E-state index contributed by atoms with van der Waals surface area (Å²) < 4.78 is 5.37. The van der Waals surface area contributed by atoms with Gasteiger partial charge in [-0.1, -0.05) is 30.3 Å². The Morgan fingerprint density at radius 1 is 1.23 bits per heavy atom. The maximum Gasteiger partial charge on any atom is 0.257 e. The number of nitrogens with one attached hydrogen (secondary N) is 1. The van der Waals surface area contributed by atoms with E-state index in [1.54, 1.807) is 24.3 Å². The molecule has 0 aliphatic rings. The van der Waals surface area contributed by atoms with Gasteiger partial charge in [0.15, 0.2) is 6.61 Å². The third-order valence-electron chi connectivity index (χ3n) is 3.31. The van der Waals surface area contributed by atoms with E-state index < -0.39 is 0 Å². The topological polar surface area (TPSA) is 62.1 Å². The lowest BCUT2D eigenvalue weighted by molar-refractivity contribution is -0.123. The van der Waals surface area contributed by atoms with Crippen molar-refractivity contribution in [1.82, 2.24) is 5.32 Å². The number of hydrogen-bond donors (Lipinski definition) is 1. The predicted molar refractivity (Wildman–Crippen MR) is 84.5 cm³/mol. The van der Waals surface area contributed by atoms with Crippen LogP contribution in [0.15, 0.2) is 48.5 Å². The van der Waals surface area contributed by atoms with Crippen LogP contribution in [0.4, 0.5) is 0 Å². The number of ether oxygens (including phenoxy) is 1. The fourth-order valence-electron chi connectivity index (χ4n) is 2.08. The van der Waals surface area contributed by atoms with E-state index in [0.29, 0.717) is 17.9 Å². The second-order valence-corrected chi connectivity index (χ2v) is 4.95. The fraction of sp³-hybridized carbons (Fsp3) is 0.222. The number of carbonyl (C=O) groups excluding carboxylic acids is 1. The van der Waals surface area contributed by atoms with Gasteiger partial charge in [-0.25, -0.2) is 0 Å². The van der Waals surface area contributed by atoms with Gasteiger partial charge in [-0.15, -0.1) is 0 Å². The van der Waals surface area contributed by atoms with E-state index in [-0.39, 0.29) is 12.5 Å². The van der Waals surface area contributed by atoms with Crippen LogP contribution in [0.2, 0.25) is 0 Å². The second-order valence-electron chi connectivity index (χ2n) is 4.95. The second kappa shape index (κ2) is 7.84. The molecular formula is C18H18N2O2. The molecule has 0 radical (unpaired) electrons. The lowest BCUT2D eigenvalue weighted by Crippen LogP contribution is -2.30. The number of nitrogens with zero attached hydrogens (tertiary/aromatic N) is 1. The average Bonchev–Trinajstić information content (AvgIpc) is 2.55. The van der Waals surface area contributed by atoms with Crippen LogP contribution in [-0.4, -0.2) is 19.1 Å². The molecule has 0 bridgehead atoms. The van der Waals surface area contributed by atoms with Crippen LogP contribution >= 0.6 is 0 Å². The number of aryl methyl sites for hydroxylation is 1. The molecule has 0 saturated heterocycles. The van der Waals surface area contributed by atoms with E-state index in [0.717, 1.165) is 6.42 Å². The van der Waals surface area contributed by atoms with Crippen LogP contribution in [0, 0.1) is 18.3 Å². The van der Waals surface area contributed by atoms with E-state index >= 15 is 0 Å². The summed E-state index contributed by atoms with van der Waals surface area (Å²) in [6, 6.07) is 16.9. The molecule has 2 rings (SSSR count). The van der Waals surface area contributed by atoms with E-state index in [9.17, 15) is 4.79 Å². The molecule has 2 aromatic carbocycles. The van der Waals surface area contributed by atoms with Crippen LogP contribution in [0.3, 0.4) is 0 Å². The van der Waals surface area contributed by atoms with Crippen LogP contribution in [0.5, 0.6) is 5.75 Å². The largest absolute Gasteiger partial charge is 0.484 e. The van der Waals surface area contributed by atoms with Crippen molar-refractivity contribution in [3.63, 3.8) is 0 Å². The minimum atomic E-state index is -0.170. The molecule has 0 aromatic heterocycles. The zero-order valence-electron chi connectivity index (χ0n) is 12.5. The molecule has 0 atom stereocenters. The van der Waals surface area contributed by atoms with Gasteiger partial charge < -0.3 is 10.1 Å². The van der Waals surface area contributed by atoms with Crippen molar-refractivity contribution in [1.29, 1.82) is 5.26 Å². The molecule has 1 N–H and O–H groups in total. The third kappa shape index (κ3) is 4.64. The molecule has 112 valence electrons. The Labute approximate surface area is 130 Å². The molecule has 0 aliphatic heterocycles. The zero-order chi connectivity index (χ0) is 15.8. The molecule has 0 spiro atoms. The van der Waals surface area contributed by atoms with Gasteiger partial charge in [0.05, 0.1) is 11.6 Å². The Kier molecular flexibility index (Phi) is 5.56. The Hall–Kier alpha value is -2.80. The van der Waals surface area contributed by atoms with Crippen LogP contribution in [-0.2, 0) is 11.2 Å². The fourth-order valence-corrected chi connectivity index (χ4v) is 2.08. The minimum Gasteiger partial charge on any atom is -0.484 e. The molecule has 0 fully saturated rings. The van der Waals surface area contributed by atoms with Crippen LogP contribution in [0.25, 0.3) is 0 Å². The van der Waals surface area contributed by atoms with Crippen molar-refractivity contribution in [2.45, 2.75) is 13.3 Å². The zero-order valence-corrected chi connectivity index (χ0v) is 12.5. The molecule has 0 unspecified atom stereocenters. The van der Waals surface area contributed by atoms with Crippen molar-refractivity contribution in [3.8, 4) is 11.8 Å². The first-order chi connectivity index (χ1) is 10.7. The van der Waals surface area contributed by atoms with Crippen LogP contribution < -0.4 is 10.1 Å². The molecule has 4 nitrogen and oxygen atoms in total. The van der Waals surface area contributed by atoms with E-state index in [1.165, 1.54) is 11.1 Å². The van der Waals surface area contributed by atoms with E-state index in [2.05, 4.69) is 24.4 Å². The van der Waals surface area contributed by atoms with Gasteiger partial charge in [-0.05, 0) is 42.7 Å². The Balaban J connectivity index is 1.74. The van der Waals surface area contributed by atoms with Crippen molar-refractivity contribution in [2.24, 2.45) is 0 Å². The average molecular weight is 294 g/mol. The highest BCUT2D eigenvalue weighted by atomic mass is 16.5. The third-order valence-corrected chi connectivity index (χ3v) is 3.31. The number of rotatable bonds is 6. The molecule has 0 heterocycles. The van der Waals surface area contributed by atoms with E-state index in [1.807, 2.05) is 18.2 Å². The summed E-state index contributed by atoms with van der Waals surface area (Å²) in [4.78, 5) is 11.7. The van der Waals surface area contributed by atoms with Gasteiger partial charge in [-0.2, -0.15) is 5.26 Å². The Bertz CT molecular complexity index is 689. The first-order valence-electron chi connectivity index (χ1n) is 7.13. The molecular weight excluding hydrogens is 276 g/mol. The number of carbonyl (C=O) groups is 1. The Morgan fingerprint density at radius 3 is 2.82 bits per heavy atom. The molecule has 0 saturated carbocycles. The monoisotopic (exact) mass is 294 g/mol. The lowest BCUT2D eigenvalue weighted by atomic mass is 10.1. The summed E-state index contributed by atoms with van der Waals surface area (Å²) in [5, 5.41) is 11.6. The summed E-state index contributed by atoms with van der Waals surface area (Å²) >= 11 is 0. The van der Waals surface area contributed by atoms with E-state index in [4.69, 9.17) is 10.00 Å². The van der Waals surface area contributed by atoms with Gasteiger partial charge in [0, 0.05) is 6.54 Å². The van der Waals surface area contributed by atoms with Gasteiger partial charge in [-0.3, -0.25) is 4.79 Å². The van der Waals surface area contributed by atoms with Crippen molar-refractivity contribution >= 4 is 5.91 Å². The Morgan fingerprint density at radius 2 is 2.05 bits per heavy atom. The predicted octanol–water partition coefficient (Wildman–Crippen LogP) is 2.60. The standard InChI is InChI=1S/C18H18N2O2/c1-14-5-2-3-7-16(14)9-10-20-18(21)13-22-17-8-4-6-15(11-17)12-19/h2-8,11H,9-10,13H2,1H3,(H,20,21). The van der Waals surface area contributed by atoms with Gasteiger partial charge in [0.1, 0.15) is 5.75 Å². The number of benzene rings is 2. The number of hydrogen-bond acceptors (Lipinski definition) is 3. The minimum absolute atomic E-state index is 0.0529. The lowest BCUT2D eigenvalue weighted by Gasteiger charge is -2.09. The quantitative estimate of drug-likeness (QED) is 0.890. The summed E-state index contributed by atoms with van der Waals surface area (Å²) in [6.45, 7) is 2.58. The highest BCUT2D eigenvalue weighted by Crippen LogP contribution is 2.12. The number of amides is 1. The smallest absolute Gasteiger partial charge is 0.257 e. The van der Waals surface area contributed by atoms with Crippen LogP contribution in [0.1, 0.15) is 16.7 Å². The van der Waals surface area contributed by atoms with Gasteiger partial charge in [0.25, 0.3) is 5.91 Å². The maximum absolute atomic E-state index is 11.7. The molecule has 22 heavy (non-hydrogen) atoms. The summed E-state index contributed by atoms with van der Waals surface area (Å²) in [7, 11) is 0. The van der Waals surface area contributed by atoms with Crippen molar-refractivity contribution < 1.29 is 9.53 Å². The van der Waals surface area contributed by atoms with Gasteiger partial charge >= 0.3 is 0 Å². The normalized spacial score (nSPS) is 9.82. The van der Waals surface area contributed by atoms with Crippen molar-refractivity contribution in [2.75, 3.05) is 13.2 Å². The number of nitriles is 1. The van der Waals surface area contributed by atoms with Gasteiger partial charge in [0.2, 0.25) is 0 Å². The maximum atomic E-state index is 11.7. The van der Waals surface area contributed by atoms with Crippen molar-refractivity contribution in [3.05, 3.63) is 65.2 Å². The molecule has 0 aliphatic carbocycles. The first kappa shape index (κ1) is 15.6. The highest BCUT2D eigenvalue weighted by molar-refractivity contribution is 5.77. The highest BCUT2D eigenvalue weighted by Gasteiger charge is 2.04. The first-order valence-corrected chi connectivity index (χ1v) is 7.13. The molecule has 1 amide bonds. The summed E-state index contributed by atoms with van der Waals surface area (Å²) in [6.07, 6.45) is 0.794. The SMILES string of the molecule is Cc1ccccc1CCNC(=O)COc1cccc(C#N)c1. The summed E-state index contributed by atoms with van der Waals surface area (Å²) in [5.41, 5.74) is 2.96. The molecule has 4 heteroatoms. The summed E-state index contributed by atoms with van der Waals surface area (Å²) in [5.74, 6) is 0.351. The molecule has 2 aromatic rings.